The van der Waals surface area contributed by atoms with Crippen LogP contribution < -0.4 is 10.1 Å². The Hall–Kier alpha value is -3.55. The number of tetrazole rings is 1. The highest BCUT2D eigenvalue weighted by atomic mass is 32.1. The molecule has 0 radical (unpaired) electrons. The zero-order valence-corrected chi connectivity index (χ0v) is 16.6. The van der Waals surface area contributed by atoms with E-state index in [-0.39, 0.29) is 22.6 Å². The number of amides is 2. The van der Waals surface area contributed by atoms with Gasteiger partial charge in [-0.2, -0.15) is 0 Å². The average molecular weight is 441 g/mol. The van der Waals surface area contributed by atoms with E-state index in [1.165, 1.54) is 17.0 Å². The lowest BCUT2D eigenvalue weighted by Crippen LogP contribution is -2.21. The number of hydrogen-bond donors (Lipinski definition) is 1. The lowest BCUT2D eigenvalue weighted by Gasteiger charge is -2.08. The molecular formula is C16H14F3N7O3S. The van der Waals surface area contributed by atoms with Crippen LogP contribution in [0.3, 0.4) is 0 Å². The number of ether oxygens (including phenoxy) is 1. The van der Waals surface area contributed by atoms with Crippen molar-refractivity contribution in [1.82, 2.24) is 30.1 Å². The Bertz CT molecular complexity index is 1080. The van der Waals surface area contributed by atoms with Crippen LogP contribution in [0.15, 0.2) is 24.3 Å². The highest BCUT2D eigenvalue weighted by Gasteiger charge is 2.31. The van der Waals surface area contributed by atoms with Crippen LogP contribution in [-0.2, 0) is 0 Å². The predicted molar refractivity (Wildman–Crippen MR) is 98.7 cm³/mol. The van der Waals surface area contributed by atoms with Crippen LogP contribution in [0.5, 0.6) is 5.75 Å². The Labute approximate surface area is 171 Å². The van der Waals surface area contributed by atoms with Crippen molar-refractivity contribution in [2.24, 2.45) is 0 Å². The van der Waals surface area contributed by atoms with Gasteiger partial charge in [-0.1, -0.05) is 11.3 Å². The van der Waals surface area contributed by atoms with Crippen molar-refractivity contribution in [3.63, 3.8) is 0 Å². The van der Waals surface area contributed by atoms with Crippen molar-refractivity contribution in [3.05, 3.63) is 40.7 Å². The maximum Gasteiger partial charge on any atom is 0.573 e. The van der Waals surface area contributed by atoms with E-state index >= 15 is 0 Å². The molecule has 158 valence electrons. The van der Waals surface area contributed by atoms with Gasteiger partial charge < -0.3 is 9.64 Å². The summed E-state index contributed by atoms with van der Waals surface area (Å²) in [7, 11) is 3.20. The van der Waals surface area contributed by atoms with Gasteiger partial charge in [0.25, 0.3) is 17.6 Å². The summed E-state index contributed by atoms with van der Waals surface area (Å²) in [5, 5.41) is 13.9. The predicted octanol–water partition coefficient (Wildman–Crippen LogP) is 2.28. The first-order valence-corrected chi connectivity index (χ1v) is 9.02. The molecule has 0 spiro atoms. The van der Waals surface area contributed by atoms with E-state index in [0.29, 0.717) is 10.6 Å². The van der Waals surface area contributed by atoms with Crippen molar-refractivity contribution < 1.29 is 27.5 Å². The van der Waals surface area contributed by atoms with Crippen molar-refractivity contribution in [2.75, 3.05) is 19.4 Å². The molecule has 1 aromatic carbocycles. The van der Waals surface area contributed by atoms with E-state index in [1.807, 2.05) is 0 Å². The second-order valence-electron chi connectivity index (χ2n) is 6.03. The van der Waals surface area contributed by atoms with Crippen LogP contribution in [-0.4, -0.2) is 62.4 Å². The van der Waals surface area contributed by atoms with Crippen LogP contribution in [0.25, 0.3) is 5.69 Å². The fourth-order valence-corrected chi connectivity index (χ4v) is 3.18. The Kier molecular flexibility index (Phi) is 5.69. The highest BCUT2D eigenvalue weighted by Crippen LogP contribution is 2.24. The molecule has 0 atom stereocenters. The Morgan fingerprint density at radius 2 is 1.87 bits per heavy atom. The lowest BCUT2D eigenvalue weighted by molar-refractivity contribution is -0.274. The smallest absolute Gasteiger partial charge is 0.406 e. The van der Waals surface area contributed by atoms with E-state index in [0.717, 1.165) is 28.3 Å². The molecule has 30 heavy (non-hydrogen) atoms. The molecule has 0 saturated carbocycles. The number of nitrogens with one attached hydrogen (secondary N) is 1. The van der Waals surface area contributed by atoms with Gasteiger partial charge in [-0.05, 0) is 36.4 Å². The fraction of sp³-hybridized carbons (Fsp3) is 0.250. The van der Waals surface area contributed by atoms with Gasteiger partial charge in [-0.15, -0.1) is 28.2 Å². The molecule has 0 aliphatic rings. The molecule has 2 heterocycles. The number of thiazole rings is 1. The minimum absolute atomic E-state index is 0.188. The highest BCUT2D eigenvalue weighted by molar-refractivity contribution is 7.17. The quantitative estimate of drug-likeness (QED) is 0.646. The first-order valence-electron chi connectivity index (χ1n) is 8.20. The topological polar surface area (TPSA) is 115 Å². The molecule has 14 heteroatoms. The number of carbonyl (C=O) groups is 2. The van der Waals surface area contributed by atoms with Crippen molar-refractivity contribution in [2.45, 2.75) is 13.3 Å². The molecule has 0 bridgehead atoms. The van der Waals surface area contributed by atoms with Gasteiger partial charge in [-0.25, -0.2) is 4.98 Å². The number of benzene rings is 1. The van der Waals surface area contributed by atoms with Gasteiger partial charge in [-0.3, -0.25) is 14.9 Å². The Morgan fingerprint density at radius 3 is 2.47 bits per heavy atom. The van der Waals surface area contributed by atoms with E-state index in [9.17, 15) is 22.8 Å². The maximum absolute atomic E-state index is 12.3. The first-order chi connectivity index (χ1) is 14.0. The Balaban J connectivity index is 1.71. The number of hydrogen-bond acceptors (Lipinski definition) is 8. The zero-order chi connectivity index (χ0) is 22.1. The number of carbonyl (C=O) groups excluding carboxylic acids is 2. The molecular weight excluding hydrogens is 427 g/mol. The van der Waals surface area contributed by atoms with Crippen molar-refractivity contribution >= 4 is 28.3 Å². The Morgan fingerprint density at radius 1 is 1.20 bits per heavy atom. The molecule has 0 aliphatic heterocycles. The van der Waals surface area contributed by atoms with Crippen LogP contribution in [0, 0.1) is 6.92 Å². The average Bonchev–Trinajstić information content (AvgIpc) is 3.27. The van der Waals surface area contributed by atoms with Gasteiger partial charge in [0.05, 0.1) is 11.4 Å². The third-order valence-corrected chi connectivity index (χ3v) is 4.60. The summed E-state index contributed by atoms with van der Waals surface area (Å²) in [6.07, 6.45) is -4.80. The standard InChI is InChI=1S/C16H14F3N7O3S/c1-8-11(14(28)25(2)3)30-15(20-8)21-13(27)12-22-24-26(23-12)9-4-6-10(7-5-9)29-16(17,18)19/h4-7H,1-3H3,(H,20,21,27). The molecule has 10 nitrogen and oxygen atoms in total. The molecule has 0 unspecified atom stereocenters. The minimum Gasteiger partial charge on any atom is -0.406 e. The summed E-state index contributed by atoms with van der Waals surface area (Å²) in [5.41, 5.74) is 0.729. The van der Waals surface area contributed by atoms with E-state index in [4.69, 9.17) is 0 Å². The van der Waals surface area contributed by atoms with Crippen LogP contribution >= 0.6 is 11.3 Å². The number of alkyl halides is 3. The number of aryl methyl sites for hydroxylation is 1. The zero-order valence-electron chi connectivity index (χ0n) is 15.8. The molecule has 0 fully saturated rings. The van der Waals surface area contributed by atoms with E-state index in [2.05, 4.69) is 30.4 Å². The summed E-state index contributed by atoms with van der Waals surface area (Å²) >= 11 is 1.01. The van der Waals surface area contributed by atoms with Crippen molar-refractivity contribution in [3.8, 4) is 11.4 Å². The van der Waals surface area contributed by atoms with Crippen LogP contribution in [0.2, 0.25) is 0 Å². The van der Waals surface area contributed by atoms with Crippen molar-refractivity contribution in [1.29, 1.82) is 0 Å². The third-order valence-electron chi connectivity index (χ3n) is 3.54. The monoisotopic (exact) mass is 441 g/mol. The fourth-order valence-electron chi connectivity index (χ4n) is 2.20. The number of anilines is 1. The largest absolute Gasteiger partial charge is 0.573 e. The summed E-state index contributed by atoms with van der Waals surface area (Å²) in [6.45, 7) is 1.64. The number of halogens is 3. The van der Waals surface area contributed by atoms with Crippen LogP contribution in [0.4, 0.5) is 18.3 Å². The minimum atomic E-state index is -4.80. The number of rotatable bonds is 5. The number of nitrogens with zero attached hydrogens (tertiary/aromatic N) is 6. The number of aromatic nitrogens is 5. The van der Waals surface area contributed by atoms with Gasteiger partial charge in [0.15, 0.2) is 5.13 Å². The summed E-state index contributed by atoms with van der Waals surface area (Å²) in [5.74, 6) is -1.66. The molecule has 0 saturated heterocycles. The lowest BCUT2D eigenvalue weighted by atomic mass is 10.3. The first kappa shape index (κ1) is 21.2. The summed E-state index contributed by atoms with van der Waals surface area (Å²) < 4.78 is 40.4. The molecule has 0 aliphatic carbocycles. The van der Waals surface area contributed by atoms with Gasteiger partial charge in [0, 0.05) is 14.1 Å². The molecule has 3 rings (SSSR count). The van der Waals surface area contributed by atoms with Crippen LogP contribution in [0.1, 0.15) is 26.0 Å². The summed E-state index contributed by atoms with van der Waals surface area (Å²) in [4.78, 5) is 31.3. The SMILES string of the molecule is Cc1nc(NC(=O)c2nnn(-c3ccc(OC(F)(F)F)cc3)n2)sc1C(=O)N(C)C. The summed E-state index contributed by atoms with van der Waals surface area (Å²) in [6, 6.07) is 4.70. The normalized spacial score (nSPS) is 11.3. The second kappa shape index (κ2) is 8.06. The third kappa shape index (κ3) is 4.89. The maximum atomic E-state index is 12.3. The van der Waals surface area contributed by atoms with E-state index in [1.54, 1.807) is 21.0 Å². The molecule has 1 N–H and O–H groups in total. The molecule has 3 aromatic rings. The van der Waals surface area contributed by atoms with Gasteiger partial charge in [0.2, 0.25) is 0 Å². The van der Waals surface area contributed by atoms with E-state index < -0.39 is 18.0 Å². The second-order valence-corrected chi connectivity index (χ2v) is 7.03. The molecule has 2 amide bonds. The van der Waals surface area contributed by atoms with Gasteiger partial charge >= 0.3 is 6.36 Å². The molecule has 2 aromatic heterocycles. The van der Waals surface area contributed by atoms with Gasteiger partial charge in [0.1, 0.15) is 10.6 Å².